The van der Waals surface area contributed by atoms with Gasteiger partial charge in [0.1, 0.15) is 0 Å². The van der Waals surface area contributed by atoms with Gasteiger partial charge in [-0.15, -0.1) is 0 Å². The van der Waals surface area contributed by atoms with Crippen LogP contribution in [0.1, 0.15) is 54.9 Å². The van der Waals surface area contributed by atoms with E-state index in [9.17, 15) is 4.79 Å². The van der Waals surface area contributed by atoms with Crippen LogP contribution < -0.4 is 0 Å². The van der Waals surface area contributed by atoms with Gasteiger partial charge in [0.15, 0.2) is 8.32 Å². The molecule has 128 valence electrons. The van der Waals surface area contributed by atoms with Crippen molar-refractivity contribution < 1.29 is 14.0 Å². The number of ether oxygens (including phenoxy) is 1. The van der Waals surface area contributed by atoms with Crippen LogP contribution in [-0.4, -0.2) is 27.0 Å². The number of allylic oxidation sites excluding steroid dienone is 1. The highest BCUT2D eigenvalue weighted by Gasteiger charge is 2.39. The highest BCUT2D eigenvalue weighted by Crippen LogP contribution is 2.38. The first kappa shape index (κ1) is 21.1. The van der Waals surface area contributed by atoms with Gasteiger partial charge < -0.3 is 9.16 Å². The monoisotopic (exact) mass is 326 g/mol. The summed E-state index contributed by atoms with van der Waals surface area (Å²) < 4.78 is 11.5. The van der Waals surface area contributed by atoms with E-state index in [2.05, 4.69) is 46.9 Å². The molecule has 0 saturated heterocycles. The van der Waals surface area contributed by atoms with E-state index < -0.39 is 8.32 Å². The number of rotatable bonds is 7. The SMILES string of the molecule is C/C=C(/C)[C@@H](C/C=C(\C)C(=O)OCC)O[Si](C)(C)C(C)(C)C. The van der Waals surface area contributed by atoms with Gasteiger partial charge in [0.25, 0.3) is 0 Å². The Kier molecular flexibility index (Phi) is 8.33. The molecule has 0 aliphatic carbocycles. The number of carbonyl (C=O) groups excluding carboxylic acids is 1. The molecule has 0 amide bonds. The highest BCUT2D eigenvalue weighted by atomic mass is 28.4. The lowest BCUT2D eigenvalue weighted by Gasteiger charge is -2.39. The first-order valence-corrected chi connectivity index (χ1v) is 11.0. The van der Waals surface area contributed by atoms with Gasteiger partial charge in [0.2, 0.25) is 0 Å². The molecular formula is C18H34O3Si. The third-order valence-electron chi connectivity index (χ3n) is 4.44. The highest BCUT2D eigenvalue weighted by molar-refractivity contribution is 6.74. The molecule has 3 nitrogen and oxygen atoms in total. The molecule has 1 atom stereocenters. The van der Waals surface area contributed by atoms with Crippen LogP contribution in [0, 0.1) is 0 Å². The fourth-order valence-corrected chi connectivity index (χ4v) is 3.00. The maximum absolute atomic E-state index is 11.7. The smallest absolute Gasteiger partial charge is 0.333 e. The van der Waals surface area contributed by atoms with E-state index in [4.69, 9.17) is 9.16 Å². The first-order valence-electron chi connectivity index (χ1n) is 8.10. The van der Waals surface area contributed by atoms with E-state index in [1.54, 1.807) is 6.92 Å². The molecule has 0 radical (unpaired) electrons. The molecule has 0 rings (SSSR count). The van der Waals surface area contributed by atoms with E-state index >= 15 is 0 Å². The molecule has 22 heavy (non-hydrogen) atoms. The summed E-state index contributed by atoms with van der Waals surface area (Å²) in [5.74, 6) is -0.244. The van der Waals surface area contributed by atoms with Crippen molar-refractivity contribution in [1.29, 1.82) is 0 Å². The minimum Gasteiger partial charge on any atom is -0.463 e. The molecule has 0 bridgehead atoms. The van der Waals surface area contributed by atoms with Crippen molar-refractivity contribution >= 4 is 14.3 Å². The molecule has 0 heterocycles. The maximum atomic E-state index is 11.7. The summed E-state index contributed by atoms with van der Waals surface area (Å²) in [6, 6.07) is 0. The number of hydrogen-bond acceptors (Lipinski definition) is 3. The van der Waals surface area contributed by atoms with Crippen molar-refractivity contribution in [2.75, 3.05) is 6.61 Å². The second-order valence-electron chi connectivity index (χ2n) is 7.24. The van der Waals surface area contributed by atoms with Crippen molar-refractivity contribution in [3.8, 4) is 0 Å². The van der Waals surface area contributed by atoms with Gasteiger partial charge in [0.05, 0.1) is 12.7 Å². The van der Waals surface area contributed by atoms with Crippen LogP contribution in [0.2, 0.25) is 18.1 Å². The number of hydrogen-bond donors (Lipinski definition) is 0. The van der Waals surface area contributed by atoms with Crippen LogP contribution in [0.3, 0.4) is 0 Å². The summed E-state index contributed by atoms with van der Waals surface area (Å²) in [5, 5.41) is 0.166. The van der Waals surface area contributed by atoms with Crippen LogP contribution >= 0.6 is 0 Å². The Balaban J connectivity index is 5.12. The predicted octanol–water partition coefficient (Wildman–Crippen LogP) is 5.24. The Morgan fingerprint density at radius 3 is 2.18 bits per heavy atom. The molecule has 0 unspecified atom stereocenters. The number of esters is 1. The Hall–Kier alpha value is -0.873. The molecule has 4 heteroatoms. The van der Waals surface area contributed by atoms with Crippen LogP contribution in [0.4, 0.5) is 0 Å². The van der Waals surface area contributed by atoms with Gasteiger partial charge in [-0.2, -0.15) is 0 Å². The van der Waals surface area contributed by atoms with Gasteiger partial charge in [-0.05, 0) is 57.8 Å². The third-order valence-corrected chi connectivity index (χ3v) is 8.93. The summed E-state index contributed by atoms with van der Waals surface area (Å²) in [6.07, 6.45) is 4.75. The first-order chi connectivity index (χ1) is 9.96. The minimum atomic E-state index is -1.85. The molecule has 0 N–H and O–H groups in total. The Bertz CT molecular complexity index is 428. The quantitative estimate of drug-likeness (QED) is 0.278. The predicted molar refractivity (Wildman–Crippen MR) is 96.5 cm³/mol. The average molecular weight is 327 g/mol. The van der Waals surface area contributed by atoms with Crippen molar-refractivity contribution in [3.05, 3.63) is 23.3 Å². The van der Waals surface area contributed by atoms with Gasteiger partial charge in [0, 0.05) is 5.57 Å². The van der Waals surface area contributed by atoms with E-state index in [0.717, 1.165) is 0 Å². The zero-order valence-corrected chi connectivity index (χ0v) is 16.9. The lowest BCUT2D eigenvalue weighted by Crippen LogP contribution is -2.44. The summed E-state index contributed by atoms with van der Waals surface area (Å²) in [6.45, 7) is 19.4. The molecule has 0 aliphatic heterocycles. The molecule has 0 aliphatic rings. The molecule has 0 spiro atoms. The standard InChI is InChI=1S/C18H34O3Si/c1-10-14(3)16(21-22(8,9)18(5,6)7)13-12-15(4)17(19)20-11-2/h10,12,16H,11,13H2,1-9H3/b14-10-,15-12+/t16-/m1/s1. The zero-order chi connectivity index (χ0) is 17.6. The van der Waals surface area contributed by atoms with Crippen molar-refractivity contribution in [1.82, 2.24) is 0 Å². The lowest BCUT2D eigenvalue weighted by atomic mass is 10.1. The maximum Gasteiger partial charge on any atom is 0.333 e. The van der Waals surface area contributed by atoms with Gasteiger partial charge in [-0.25, -0.2) is 4.79 Å². The van der Waals surface area contributed by atoms with Crippen molar-refractivity contribution in [2.45, 2.75) is 79.1 Å². The summed E-state index contributed by atoms with van der Waals surface area (Å²) in [5.41, 5.74) is 1.85. The number of carbonyl (C=O) groups is 1. The van der Waals surface area contributed by atoms with Crippen molar-refractivity contribution in [3.63, 3.8) is 0 Å². The topological polar surface area (TPSA) is 35.5 Å². The largest absolute Gasteiger partial charge is 0.463 e. The summed E-state index contributed by atoms with van der Waals surface area (Å²) >= 11 is 0. The van der Waals surface area contributed by atoms with Crippen LogP contribution in [0.5, 0.6) is 0 Å². The van der Waals surface area contributed by atoms with Gasteiger partial charge >= 0.3 is 5.97 Å². The molecular weight excluding hydrogens is 292 g/mol. The fraction of sp³-hybridized carbons (Fsp3) is 0.722. The molecule has 0 saturated carbocycles. The second kappa shape index (κ2) is 8.68. The van der Waals surface area contributed by atoms with Crippen LogP contribution in [0.15, 0.2) is 23.3 Å². The third kappa shape index (κ3) is 6.49. The fourth-order valence-electron chi connectivity index (χ4n) is 1.66. The normalized spacial score (nSPS) is 15.7. The van der Waals surface area contributed by atoms with E-state index in [-0.39, 0.29) is 17.1 Å². The van der Waals surface area contributed by atoms with Crippen LogP contribution in [0.25, 0.3) is 0 Å². The Labute approximate surface area is 137 Å². The lowest BCUT2D eigenvalue weighted by molar-refractivity contribution is -0.138. The van der Waals surface area contributed by atoms with Gasteiger partial charge in [-0.1, -0.05) is 32.9 Å². The molecule has 0 aromatic rings. The Morgan fingerprint density at radius 2 is 1.77 bits per heavy atom. The Morgan fingerprint density at radius 1 is 1.23 bits per heavy atom. The molecule has 0 fully saturated rings. The van der Waals surface area contributed by atoms with E-state index in [1.165, 1.54) is 5.57 Å². The summed E-state index contributed by atoms with van der Waals surface area (Å²) in [7, 11) is -1.85. The average Bonchev–Trinajstić information content (AvgIpc) is 2.40. The zero-order valence-electron chi connectivity index (χ0n) is 15.9. The summed E-state index contributed by atoms with van der Waals surface area (Å²) in [4.78, 5) is 11.7. The van der Waals surface area contributed by atoms with Crippen molar-refractivity contribution in [2.24, 2.45) is 0 Å². The van der Waals surface area contributed by atoms with Gasteiger partial charge in [-0.3, -0.25) is 0 Å². The molecule has 0 aromatic carbocycles. The minimum absolute atomic E-state index is 0.0234. The van der Waals surface area contributed by atoms with E-state index in [1.807, 2.05) is 19.9 Å². The van der Waals surface area contributed by atoms with E-state index in [0.29, 0.717) is 18.6 Å². The van der Waals surface area contributed by atoms with Crippen LogP contribution in [-0.2, 0) is 14.0 Å². The second-order valence-corrected chi connectivity index (χ2v) is 12.0. The molecule has 0 aromatic heterocycles.